The molecule has 5 nitrogen and oxygen atoms in total. The molecule has 0 saturated heterocycles. The lowest BCUT2D eigenvalue weighted by molar-refractivity contribution is 0.304. The van der Waals surface area contributed by atoms with E-state index in [-0.39, 0.29) is 17.3 Å². The molecule has 1 rings (SSSR count). The van der Waals surface area contributed by atoms with Crippen LogP contribution in [0.15, 0.2) is 29.7 Å². The molecule has 1 aromatic rings. The summed E-state index contributed by atoms with van der Waals surface area (Å²) in [5.74, 6) is 0.265. The van der Waals surface area contributed by atoms with E-state index in [0.29, 0.717) is 0 Å². The lowest BCUT2D eigenvalue weighted by Crippen LogP contribution is -2.35. The van der Waals surface area contributed by atoms with Crippen molar-refractivity contribution in [1.82, 2.24) is 10.3 Å². The number of rotatable bonds is 6. The molecule has 0 aromatic carbocycles. The zero-order valence-corrected chi connectivity index (χ0v) is 11.2. The number of oxime groups is 1. The molecule has 18 heavy (non-hydrogen) atoms. The van der Waals surface area contributed by atoms with Gasteiger partial charge in [0.2, 0.25) is 0 Å². The molecular formula is C13H22N4O. The van der Waals surface area contributed by atoms with Crippen molar-refractivity contribution in [3.8, 4) is 0 Å². The molecule has 5 heteroatoms. The number of amidine groups is 1. The van der Waals surface area contributed by atoms with E-state index in [1.54, 1.807) is 12.4 Å². The average molecular weight is 250 g/mol. The Hall–Kier alpha value is -1.62. The Morgan fingerprint density at radius 2 is 2.11 bits per heavy atom. The summed E-state index contributed by atoms with van der Waals surface area (Å²) >= 11 is 0. The summed E-state index contributed by atoms with van der Waals surface area (Å²) in [5, 5.41) is 15.2. The molecular weight excluding hydrogens is 228 g/mol. The van der Waals surface area contributed by atoms with Crippen LogP contribution in [-0.2, 0) is 0 Å². The van der Waals surface area contributed by atoms with Gasteiger partial charge in [0.05, 0.1) is 0 Å². The van der Waals surface area contributed by atoms with Crippen LogP contribution in [0.3, 0.4) is 0 Å². The van der Waals surface area contributed by atoms with Gasteiger partial charge >= 0.3 is 0 Å². The highest BCUT2D eigenvalue weighted by Gasteiger charge is 2.23. The summed E-state index contributed by atoms with van der Waals surface area (Å²) in [6.07, 6.45) is 4.38. The number of nitrogens with zero attached hydrogens (tertiary/aromatic N) is 2. The van der Waals surface area contributed by atoms with Crippen LogP contribution in [0.5, 0.6) is 0 Å². The first kappa shape index (κ1) is 14.4. The smallest absolute Gasteiger partial charge is 0.144 e. The standard InChI is InChI=1S/C13H22N4O/c1-10(11-4-7-15-8-5-11)16-9-6-13(2,3)12(14)17-18/h4-5,7-8,10,16,18H,6,9H2,1-3H3,(H2,14,17)/t10-/m1/s1. The molecule has 0 radical (unpaired) electrons. The predicted molar refractivity (Wildman–Crippen MR) is 72.5 cm³/mol. The van der Waals surface area contributed by atoms with Gasteiger partial charge in [-0.1, -0.05) is 19.0 Å². The summed E-state index contributed by atoms with van der Waals surface area (Å²) in [7, 11) is 0. The molecule has 0 bridgehead atoms. The molecule has 1 atom stereocenters. The summed E-state index contributed by atoms with van der Waals surface area (Å²) in [6.45, 7) is 6.82. The van der Waals surface area contributed by atoms with Gasteiger partial charge in [0, 0.05) is 23.9 Å². The van der Waals surface area contributed by atoms with Crippen LogP contribution in [0, 0.1) is 5.41 Å². The van der Waals surface area contributed by atoms with Crippen molar-refractivity contribution in [2.24, 2.45) is 16.3 Å². The number of nitrogens with one attached hydrogen (secondary N) is 1. The van der Waals surface area contributed by atoms with Crippen LogP contribution in [0.1, 0.15) is 38.8 Å². The van der Waals surface area contributed by atoms with Crippen LogP contribution >= 0.6 is 0 Å². The quantitative estimate of drug-likeness (QED) is 0.311. The van der Waals surface area contributed by atoms with Crippen molar-refractivity contribution >= 4 is 5.84 Å². The van der Waals surface area contributed by atoms with Gasteiger partial charge in [0.25, 0.3) is 0 Å². The Morgan fingerprint density at radius 1 is 1.50 bits per heavy atom. The second kappa shape index (κ2) is 6.35. The van der Waals surface area contributed by atoms with E-state index < -0.39 is 0 Å². The molecule has 1 heterocycles. The Bertz CT molecular complexity index is 389. The SMILES string of the molecule is C[C@@H](NCCC(C)(C)/C(N)=N/O)c1ccncc1. The largest absolute Gasteiger partial charge is 0.409 e. The fourth-order valence-corrected chi connectivity index (χ4v) is 1.63. The number of aromatic nitrogens is 1. The third kappa shape index (κ3) is 4.00. The summed E-state index contributed by atoms with van der Waals surface area (Å²) in [6, 6.07) is 4.25. The number of pyridine rings is 1. The molecule has 0 fully saturated rings. The molecule has 100 valence electrons. The first-order valence-corrected chi connectivity index (χ1v) is 6.08. The van der Waals surface area contributed by atoms with Gasteiger partial charge in [-0.15, -0.1) is 0 Å². The van der Waals surface area contributed by atoms with Crippen molar-refractivity contribution in [3.05, 3.63) is 30.1 Å². The van der Waals surface area contributed by atoms with Crippen LogP contribution < -0.4 is 11.1 Å². The van der Waals surface area contributed by atoms with Crippen LogP contribution in [-0.4, -0.2) is 22.6 Å². The van der Waals surface area contributed by atoms with E-state index in [4.69, 9.17) is 10.9 Å². The predicted octanol–water partition coefficient (Wildman–Crippen LogP) is 1.89. The maximum Gasteiger partial charge on any atom is 0.144 e. The minimum absolute atomic E-state index is 0.260. The van der Waals surface area contributed by atoms with E-state index >= 15 is 0 Å². The zero-order valence-electron chi connectivity index (χ0n) is 11.2. The normalized spacial score (nSPS) is 14.5. The van der Waals surface area contributed by atoms with Gasteiger partial charge in [-0.05, 0) is 37.6 Å². The van der Waals surface area contributed by atoms with Gasteiger partial charge in [-0.3, -0.25) is 4.98 Å². The third-order valence-electron chi connectivity index (χ3n) is 3.21. The number of hydrogen-bond acceptors (Lipinski definition) is 4. The summed E-state index contributed by atoms with van der Waals surface area (Å²) in [4.78, 5) is 3.99. The minimum atomic E-state index is -0.306. The van der Waals surface area contributed by atoms with Crippen molar-refractivity contribution in [2.45, 2.75) is 33.2 Å². The maximum atomic E-state index is 8.69. The van der Waals surface area contributed by atoms with Crippen molar-refractivity contribution in [3.63, 3.8) is 0 Å². The Balaban J connectivity index is 2.43. The van der Waals surface area contributed by atoms with Gasteiger partial charge in [0.1, 0.15) is 5.84 Å². The number of hydrogen-bond donors (Lipinski definition) is 3. The average Bonchev–Trinajstić information content (AvgIpc) is 2.38. The summed E-state index contributed by atoms with van der Waals surface area (Å²) in [5.41, 5.74) is 6.54. The zero-order chi connectivity index (χ0) is 13.6. The topological polar surface area (TPSA) is 83.5 Å². The fourth-order valence-electron chi connectivity index (χ4n) is 1.63. The lowest BCUT2D eigenvalue weighted by Gasteiger charge is -2.24. The molecule has 0 aliphatic carbocycles. The van der Waals surface area contributed by atoms with Gasteiger partial charge in [-0.25, -0.2) is 0 Å². The third-order valence-corrected chi connectivity index (χ3v) is 3.21. The van der Waals surface area contributed by atoms with Gasteiger partial charge in [-0.2, -0.15) is 0 Å². The molecule has 1 aromatic heterocycles. The highest BCUT2D eigenvalue weighted by Crippen LogP contribution is 2.20. The molecule has 4 N–H and O–H groups in total. The maximum absolute atomic E-state index is 8.69. The molecule has 0 amide bonds. The van der Waals surface area contributed by atoms with Crippen LogP contribution in [0.25, 0.3) is 0 Å². The minimum Gasteiger partial charge on any atom is -0.409 e. The lowest BCUT2D eigenvalue weighted by atomic mass is 9.88. The Labute approximate surface area is 108 Å². The highest BCUT2D eigenvalue weighted by atomic mass is 16.4. The Kier molecular flexibility index (Phi) is 5.09. The van der Waals surface area contributed by atoms with Crippen molar-refractivity contribution in [1.29, 1.82) is 0 Å². The van der Waals surface area contributed by atoms with E-state index in [9.17, 15) is 0 Å². The first-order valence-electron chi connectivity index (χ1n) is 6.08. The van der Waals surface area contributed by atoms with E-state index in [2.05, 4.69) is 22.4 Å². The van der Waals surface area contributed by atoms with Gasteiger partial charge < -0.3 is 16.3 Å². The van der Waals surface area contributed by atoms with Crippen LogP contribution in [0.2, 0.25) is 0 Å². The second-order valence-corrected chi connectivity index (χ2v) is 5.08. The van der Waals surface area contributed by atoms with Crippen LogP contribution in [0.4, 0.5) is 0 Å². The number of nitrogens with two attached hydrogens (primary N) is 1. The van der Waals surface area contributed by atoms with E-state index in [1.807, 2.05) is 26.0 Å². The van der Waals surface area contributed by atoms with E-state index in [1.165, 1.54) is 5.56 Å². The molecule has 0 aliphatic heterocycles. The monoisotopic (exact) mass is 250 g/mol. The molecule has 0 aliphatic rings. The highest BCUT2D eigenvalue weighted by molar-refractivity contribution is 5.85. The molecule has 0 spiro atoms. The van der Waals surface area contributed by atoms with Crippen molar-refractivity contribution < 1.29 is 5.21 Å². The van der Waals surface area contributed by atoms with E-state index in [0.717, 1.165) is 13.0 Å². The molecule has 0 unspecified atom stereocenters. The molecule has 0 saturated carbocycles. The fraction of sp³-hybridized carbons (Fsp3) is 0.538. The summed E-state index contributed by atoms with van der Waals surface area (Å²) < 4.78 is 0. The Morgan fingerprint density at radius 3 is 2.67 bits per heavy atom. The van der Waals surface area contributed by atoms with Gasteiger partial charge in [0.15, 0.2) is 0 Å². The van der Waals surface area contributed by atoms with Crippen molar-refractivity contribution in [2.75, 3.05) is 6.54 Å². The first-order chi connectivity index (χ1) is 8.47. The second-order valence-electron chi connectivity index (χ2n) is 5.08.